The van der Waals surface area contributed by atoms with Crippen molar-refractivity contribution < 1.29 is 9.90 Å². The van der Waals surface area contributed by atoms with E-state index in [4.69, 9.17) is 10.8 Å². The highest BCUT2D eigenvalue weighted by Gasteiger charge is 2.18. The van der Waals surface area contributed by atoms with Crippen molar-refractivity contribution in [1.82, 2.24) is 10.3 Å². The number of nitrogens with zero attached hydrogens (tertiary/aromatic N) is 1. The fraction of sp³-hybridized carbons (Fsp3) is 0.600. The third-order valence-electron chi connectivity index (χ3n) is 1.74. The summed E-state index contributed by atoms with van der Waals surface area (Å²) in [7, 11) is 0. The summed E-state index contributed by atoms with van der Waals surface area (Å²) < 4.78 is 0. The van der Waals surface area contributed by atoms with Gasteiger partial charge in [0.2, 0.25) is 0 Å². The molecule has 0 saturated carbocycles. The van der Waals surface area contributed by atoms with E-state index in [1.807, 2.05) is 20.8 Å². The highest BCUT2D eigenvalue weighted by atomic mass is 32.1. The lowest BCUT2D eigenvalue weighted by Crippen LogP contribution is -2.26. The molecular formula is C10H18N4O2S. The molecule has 6 nitrogen and oxygen atoms in total. The number of aromatic nitrogens is 1. The maximum atomic E-state index is 11.6. The first-order valence-corrected chi connectivity index (χ1v) is 6.08. The van der Waals surface area contributed by atoms with Gasteiger partial charge >= 0.3 is 0 Å². The Hall–Kier alpha value is -1.34. The first kappa shape index (κ1) is 13.7. The average Bonchev–Trinajstić information content (AvgIpc) is 2.53. The molecule has 0 saturated heterocycles. The Balaban J connectivity index is 2.78. The molecule has 5 N–H and O–H groups in total. The summed E-state index contributed by atoms with van der Waals surface area (Å²) in [6.45, 7) is 6.10. The minimum Gasteiger partial charge on any atom is -0.395 e. The van der Waals surface area contributed by atoms with Crippen LogP contribution in [0, 0.1) is 0 Å². The molecule has 0 unspecified atom stereocenters. The van der Waals surface area contributed by atoms with Crippen LogP contribution in [-0.2, 0) is 0 Å². The van der Waals surface area contributed by atoms with Gasteiger partial charge in [-0.15, -0.1) is 0 Å². The van der Waals surface area contributed by atoms with Crippen molar-refractivity contribution in [3.8, 4) is 0 Å². The Morgan fingerprint density at radius 2 is 2.18 bits per heavy atom. The summed E-state index contributed by atoms with van der Waals surface area (Å²) in [6, 6.07) is 0. The van der Waals surface area contributed by atoms with Crippen molar-refractivity contribution in [3.05, 3.63) is 4.88 Å². The predicted octanol–water partition coefficient (Wildman–Crippen LogP) is 0.658. The summed E-state index contributed by atoms with van der Waals surface area (Å²) >= 11 is 1.20. The Kier molecular flexibility index (Phi) is 4.30. The van der Waals surface area contributed by atoms with Crippen LogP contribution in [0.15, 0.2) is 0 Å². The molecule has 17 heavy (non-hydrogen) atoms. The van der Waals surface area contributed by atoms with Crippen LogP contribution in [0.3, 0.4) is 0 Å². The molecule has 1 aromatic heterocycles. The molecule has 0 aromatic carbocycles. The molecule has 0 radical (unpaired) electrons. The molecule has 1 amide bonds. The second-order valence-corrected chi connectivity index (χ2v) is 5.59. The second kappa shape index (κ2) is 5.33. The topological polar surface area (TPSA) is 100 Å². The zero-order valence-corrected chi connectivity index (χ0v) is 11.0. The van der Waals surface area contributed by atoms with Gasteiger partial charge in [0, 0.05) is 12.1 Å². The summed E-state index contributed by atoms with van der Waals surface area (Å²) in [6.07, 6.45) is 0. The molecular weight excluding hydrogens is 240 g/mol. The average molecular weight is 258 g/mol. The van der Waals surface area contributed by atoms with E-state index in [0.717, 1.165) is 0 Å². The van der Waals surface area contributed by atoms with Crippen molar-refractivity contribution in [3.63, 3.8) is 0 Å². The van der Waals surface area contributed by atoms with E-state index < -0.39 is 0 Å². The van der Waals surface area contributed by atoms with Crippen LogP contribution in [0.2, 0.25) is 0 Å². The molecule has 0 bridgehead atoms. The number of carbonyl (C=O) groups excluding carboxylic acids is 1. The molecule has 96 valence electrons. The molecule has 1 rings (SSSR count). The van der Waals surface area contributed by atoms with Crippen molar-refractivity contribution >= 4 is 28.2 Å². The highest BCUT2D eigenvalue weighted by molar-refractivity contribution is 7.18. The smallest absolute Gasteiger partial charge is 0.265 e. The van der Waals surface area contributed by atoms with Gasteiger partial charge in [-0.25, -0.2) is 4.98 Å². The maximum Gasteiger partial charge on any atom is 0.265 e. The van der Waals surface area contributed by atoms with Gasteiger partial charge < -0.3 is 21.5 Å². The van der Waals surface area contributed by atoms with E-state index in [9.17, 15) is 4.79 Å². The van der Waals surface area contributed by atoms with Crippen LogP contribution in [0.25, 0.3) is 0 Å². The van der Waals surface area contributed by atoms with Crippen LogP contribution in [0.1, 0.15) is 30.4 Å². The molecule has 0 aliphatic rings. The zero-order valence-electron chi connectivity index (χ0n) is 10.2. The maximum absolute atomic E-state index is 11.6. The summed E-state index contributed by atoms with van der Waals surface area (Å²) in [5, 5.41) is 14.9. The Labute approximate surface area is 104 Å². The number of rotatable bonds is 4. The van der Waals surface area contributed by atoms with Gasteiger partial charge in [-0.2, -0.15) is 0 Å². The number of carbonyl (C=O) groups is 1. The molecule has 0 aliphatic carbocycles. The Morgan fingerprint density at radius 1 is 1.53 bits per heavy atom. The third kappa shape index (κ3) is 4.20. The quantitative estimate of drug-likeness (QED) is 0.635. The number of nitrogens with two attached hydrogens (primary N) is 1. The minimum absolute atomic E-state index is 0.0997. The van der Waals surface area contributed by atoms with E-state index in [-0.39, 0.29) is 30.4 Å². The number of nitrogens with one attached hydrogen (secondary N) is 2. The zero-order chi connectivity index (χ0) is 13.1. The highest BCUT2D eigenvalue weighted by Crippen LogP contribution is 2.26. The molecule has 1 heterocycles. The van der Waals surface area contributed by atoms with Crippen molar-refractivity contribution in [2.24, 2.45) is 0 Å². The monoisotopic (exact) mass is 258 g/mol. The summed E-state index contributed by atoms with van der Waals surface area (Å²) in [4.78, 5) is 16.1. The van der Waals surface area contributed by atoms with E-state index >= 15 is 0 Å². The summed E-state index contributed by atoms with van der Waals surface area (Å²) in [5.41, 5.74) is 5.53. The van der Waals surface area contributed by atoms with Crippen molar-refractivity contribution in [2.75, 3.05) is 24.2 Å². The normalized spacial score (nSPS) is 11.3. The van der Waals surface area contributed by atoms with Crippen LogP contribution < -0.4 is 16.4 Å². The van der Waals surface area contributed by atoms with Gasteiger partial charge in [-0.1, -0.05) is 11.3 Å². The molecule has 0 aliphatic heterocycles. The number of aliphatic hydroxyl groups is 1. The van der Waals surface area contributed by atoms with Crippen LogP contribution >= 0.6 is 11.3 Å². The van der Waals surface area contributed by atoms with Gasteiger partial charge in [0.15, 0.2) is 5.13 Å². The number of anilines is 2. The molecule has 1 aromatic rings. The number of thiazole rings is 1. The third-order valence-corrected chi connectivity index (χ3v) is 2.72. The number of amides is 1. The molecule has 0 atom stereocenters. The van der Waals surface area contributed by atoms with Gasteiger partial charge in [0.1, 0.15) is 10.7 Å². The largest absolute Gasteiger partial charge is 0.395 e. The van der Waals surface area contributed by atoms with E-state index in [1.165, 1.54) is 11.3 Å². The fourth-order valence-electron chi connectivity index (χ4n) is 1.12. The Morgan fingerprint density at radius 3 is 2.71 bits per heavy atom. The summed E-state index contributed by atoms with van der Waals surface area (Å²) in [5.74, 6) is -0.104. The van der Waals surface area contributed by atoms with Gasteiger partial charge in [-0.05, 0) is 20.8 Å². The SMILES string of the molecule is CC(C)(C)Nc1nc(N)c(C(=O)NCCO)s1. The lowest BCUT2D eigenvalue weighted by molar-refractivity contribution is 0.0949. The van der Waals surface area contributed by atoms with Crippen molar-refractivity contribution in [2.45, 2.75) is 26.3 Å². The van der Waals surface area contributed by atoms with Crippen LogP contribution in [0.4, 0.5) is 10.9 Å². The van der Waals surface area contributed by atoms with Gasteiger partial charge in [0.05, 0.1) is 6.61 Å². The predicted molar refractivity (Wildman–Crippen MR) is 69.3 cm³/mol. The van der Waals surface area contributed by atoms with Crippen LogP contribution in [-0.4, -0.2) is 34.7 Å². The molecule has 7 heteroatoms. The van der Waals surface area contributed by atoms with E-state index in [2.05, 4.69) is 15.6 Å². The number of hydrogen-bond donors (Lipinski definition) is 4. The number of hydrogen-bond acceptors (Lipinski definition) is 6. The van der Waals surface area contributed by atoms with Crippen LogP contribution in [0.5, 0.6) is 0 Å². The molecule has 0 spiro atoms. The first-order valence-electron chi connectivity index (χ1n) is 5.27. The second-order valence-electron chi connectivity index (χ2n) is 4.59. The lowest BCUT2D eigenvalue weighted by Gasteiger charge is -2.19. The van der Waals surface area contributed by atoms with E-state index in [1.54, 1.807) is 0 Å². The number of aliphatic hydroxyl groups excluding tert-OH is 1. The minimum atomic E-state index is -0.309. The molecule has 0 fully saturated rings. The Bertz CT molecular complexity index is 398. The van der Waals surface area contributed by atoms with E-state index in [0.29, 0.717) is 10.0 Å². The first-order chi connectivity index (χ1) is 7.83. The lowest BCUT2D eigenvalue weighted by atomic mass is 10.1. The van der Waals surface area contributed by atoms with Gasteiger partial charge in [-0.3, -0.25) is 4.79 Å². The van der Waals surface area contributed by atoms with Crippen molar-refractivity contribution in [1.29, 1.82) is 0 Å². The standard InChI is InChI=1S/C10H18N4O2S/c1-10(2,3)14-9-13-7(11)6(17-9)8(16)12-4-5-15/h15H,4-5,11H2,1-3H3,(H,12,16)(H,13,14). The van der Waals surface area contributed by atoms with Gasteiger partial charge in [0.25, 0.3) is 5.91 Å². The number of nitrogen functional groups attached to an aromatic ring is 1. The fourth-order valence-corrected chi connectivity index (χ4v) is 2.13.